The van der Waals surface area contributed by atoms with E-state index in [0.29, 0.717) is 35.5 Å². The van der Waals surface area contributed by atoms with Crippen LogP contribution in [0.2, 0.25) is 0 Å². The molecule has 0 fully saturated rings. The lowest BCUT2D eigenvalue weighted by molar-refractivity contribution is -0.139. The molecule has 1 aromatic rings. The van der Waals surface area contributed by atoms with Gasteiger partial charge in [-0.2, -0.15) is 0 Å². The summed E-state index contributed by atoms with van der Waals surface area (Å²) >= 11 is 0. The number of hydrogen-bond acceptors (Lipinski definition) is 4. The first-order chi connectivity index (χ1) is 13.4. The van der Waals surface area contributed by atoms with Crippen molar-refractivity contribution in [3.05, 3.63) is 41.1 Å². The van der Waals surface area contributed by atoms with Crippen LogP contribution in [-0.2, 0) is 14.3 Å². The molecule has 0 radical (unpaired) electrons. The van der Waals surface area contributed by atoms with Gasteiger partial charge in [-0.05, 0) is 44.9 Å². The van der Waals surface area contributed by atoms with Gasteiger partial charge < -0.3 is 15.4 Å². The van der Waals surface area contributed by atoms with Crippen LogP contribution in [0, 0.1) is 0 Å². The van der Waals surface area contributed by atoms with Crippen LogP contribution in [0.25, 0.3) is 0 Å². The SMILES string of the molecule is CCCCC(=O)Nc1cccc(C2NC(=O)N(CC)C(C)=C2C(=O)OCC)c1. The summed E-state index contributed by atoms with van der Waals surface area (Å²) in [4.78, 5) is 38.6. The largest absolute Gasteiger partial charge is 0.463 e. The van der Waals surface area contributed by atoms with E-state index >= 15 is 0 Å². The number of ether oxygens (including phenoxy) is 1. The third kappa shape index (κ3) is 4.91. The number of hydrogen-bond donors (Lipinski definition) is 2. The first-order valence-electron chi connectivity index (χ1n) is 9.78. The molecule has 152 valence electrons. The fraction of sp³-hybridized carbons (Fsp3) is 0.476. The van der Waals surface area contributed by atoms with E-state index in [2.05, 4.69) is 10.6 Å². The number of carbonyl (C=O) groups excluding carboxylic acids is 3. The van der Waals surface area contributed by atoms with Gasteiger partial charge >= 0.3 is 12.0 Å². The maximum Gasteiger partial charge on any atom is 0.338 e. The predicted molar refractivity (Wildman–Crippen MR) is 108 cm³/mol. The van der Waals surface area contributed by atoms with Crippen molar-refractivity contribution in [3.63, 3.8) is 0 Å². The number of amides is 3. The highest BCUT2D eigenvalue weighted by atomic mass is 16.5. The van der Waals surface area contributed by atoms with Gasteiger partial charge in [-0.15, -0.1) is 0 Å². The van der Waals surface area contributed by atoms with Crippen molar-refractivity contribution >= 4 is 23.6 Å². The monoisotopic (exact) mass is 387 g/mol. The second kappa shape index (κ2) is 9.92. The number of esters is 1. The third-order valence-electron chi connectivity index (χ3n) is 4.67. The number of urea groups is 1. The van der Waals surface area contributed by atoms with Gasteiger partial charge in [0.05, 0.1) is 18.2 Å². The van der Waals surface area contributed by atoms with Crippen LogP contribution < -0.4 is 10.6 Å². The molecule has 0 saturated carbocycles. The summed E-state index contributed by atoms with van der Waals surface area (Å²) in [5.41, 5.74) is 2.32. The quantitative estimate of drug-likeness (QED) is 0.665. The zero-order valence-corrected chi connectivity index (χ0v) is 17.0. The minimum atomic E-state index is -0.637. The Labute approximate surface area is 166 Å². The van der Waals surface area contributed by atoms with Gasteiger partial charge in [0, 0.05) is 24.4 Å². The molecule has 1 heterocycles. The summed E-state index contributed by atoms with van der Waals surface area (Å²) < 4.78 is 5.23. The highest BCUT2D eigenvalue weighted by molar-refractivity contribution is 5.95. The van der Waals surface area contributed by atoms with Gasteiger partial charge in [-0.1, -0.05) is 25.5 Å². The van der Waals surface area contributed by atoms with Crippen molar-refractivity contribution in [1.82, 2.24) is 10.2 Å². The second-order valence-electron chi connectivity index (χ2n) is 6.62. The lowest BCUT2D eigenvalue weighted by Crippen LogP contribution is -2.47. The van der Waals surface area contributed by atoms with Crippen molar-refractivity contribution in [2.45, 2.75) is 53.0 Å². The second-order valence-corrected chi connectivity index (χ2v) is 6.62. The Bertz CT molecular complexity index is 773. The van der Waals surface area contributed by atoms with E-state index in [9.17, 15) is 14.4 Å². The average Bonchev–Trinajstić information content (AvgIpc) is 2.66. The van der Waals surface area contributed by atoms with Gasteiger partial charge in [0.1, 0.15) is 0 Å². The van der Waals surface area contributed by atoms with Crippen molar-refractivity contribution in [2.75, 3.05) is 18.5 Å². The van der Waals surface area contributed by atoms with E-state index in [1.807, 2.05) is 19.9 Å². The highest BCUT2D eigenvalue weighted by Crippen LogP contribution is 2.32. The first kappa shape index (κ1) is 21.5. The van der Waals surface area contributed by atoms with Crippen LogP contribution in [0.1, 0.15) is 58.6 Å². The minimum Gasteiger partial charge on any atom is -0.463 e. The fourth-order valence-corrected chi connectivity index (χ4v) is 3.24. The minimum absolute atomic E-state index is 0.0545. The summed E-state index contributed by atoms with van der Waals surface area (Å²) in [6.07, 6.45) is 2.23. The standard InChI is InChI=1S/C21H29N3O4/c1-5-8-12-17(25)22-16-11-9-10-15(13-16)19-18(20(26)28-7-3)14(4)24(6-2)21(27)23-19/h9-11,13,19H,5-8,12H2,1-4H3,(H,22,25)(H,23,27). The summed E-state index contributed by atoms with van der Waals surface area (Å²) in [5, 5.41) is 5.76. The molecule has 1 aliphatic heterocycles. The van der Waals surface area contributed by atoms with E-state index < -0.39 is 12.0 Å². The Kier molecular flexibility index (Phi) is 7.61. The molecule has 28 heavy (non-hydrogen) atoms. The number of allylic oxidation sites excluding steroid dienone is 1. The Balaban J connectivity index is 2.37. The van der Waals surface area contributed by atoms with Crippen LogP contribution in [0.5, 0.6) is 0 Å². The van der Waals surface area contributed by atoms with Crippen LogP contribution >= 0.6 is 0 Å². The van der Waals surface area contributed by atoms with Crippen LogP contribution in [-0.4, -0.2) is 36.0 Å². The molecule has 1 aliphatic rings. The smallest absolute Gasteiger partial charge is 0.338 e. The molecular weight excluding hydrogens is 358 g/mol. The third-order valence-corrected chi connectivity index (χ3v) is 4.67. The molecule has 1 atom stereocenters. The van der Waals surface area contributed by atoms with Crippen LogP contribution in [0.15, 0.2) is 35.5 Å². The molecule has 0 spiro atoms. The number of unbranched alkanes of at least 4 members (excludes halogenated alkanes) is 1. The van der Waals surface area contributed by atoms with Crippen molar-refractivity contribution in [1.29, 1.82) is 0 Å². The predicted octanol–water partition coefficient (Wildman–Crippen LogP) is 3.74. The zero-order chi connectivity index (χ0) is 20.7. The summed E-state index contributed by atoms with van der Waals surface area (Å²) in [6, 6.07) is 6.28. The van der Waals surface area contributed by atoms with Crippen molar-refractivity contribution < 1.29 is 19.1 Å². The van der Waals surface area contributed by atoms with E-state index in [4.69, 9.17) is 4.74 Å². The average molecular weight is 387 g/mol. The van der Waals surface area contributed by atoms with Crippen molar-refractivity contribution in [2.24, 2.45) is 0 Å². The number of carbonyl (C=O) groups is 3. The lowest BCUT2D eigenvalue weighted by Gasteiger charge is -2.34. The van der Waals surface area contributed by atoms with Crippen LogP contribution in [0.4, 0.5) is 10.5 Å². The molecule has 2 rings (SSSR count). The maximum atomic E-state index is 12.6. The molecule has 0 aliphatic carbocycles. The fourth-order valence-electron chi connectivity index (χ4n) is 3.24. The topological polar surface area (TPSA) is 87.7 Å². The molecule has 0 saturated heterocycles. The Morgan fingerprint density at radius 2 is 2.00 bits per heavy atom. The maximum absolute atomic E-state index is 12.6. The van der Waals surface area contributed by atoms with Crippen molar-refractivity contribution in [3.8, 4) is 0 Å². The lowest BCUT2D eigenvalue weighted by atomic mass is 9.94. The molecule has 7 nitrogen and oxygen atoms in total. The summed E-state index contributed by atoms with van der Waals surface area (Å²) in [6.45, 7) is 8.06. The Morgan fingerprint density at radius 3 is 2.64 bits per heavy atom. The zero-order valence-electron chi connectivity index (χ0n) is 17.0. The molecule has 1 aromatic carbocycles. The molecule has 3 amide bonds. The van der Waals surface area contributed by atoms with E-state index in [0.717, 1.165) is 12.8 Å². The molecule has 0 aromatic heterocycles. The van der Waals surface area contributed by atoms with E-state index in [1.54, 1.807) is 32.0 Å². The highest BCUT2D eigenvalue weighted by Gasteiger charge is 2.35. The van der Waals surface area contributed by atoms with Gasteiger partial charge in [-0.3, -0.25) is 9.69 Å². The molecule has 2 N–H and O–H groups in total. The first-order valence-corrected chi connectivity index (χ1v) is 9.78. The normalized spacial score (nSPS) is 16.6. The summed E-state index contributed by atoms with van der Waals surface area (Å²) in [5.74, 6) is -0.512. The van der Waals surface area contributed by atoms with E-state index in [-0.39, 0.29) is 18.5 Å². The number of nitrogens with zero attached hydrogens (tertiary/aromatic N) is 1. The molecular formula is C21H29N3O4. The number of anilines is 1. The van der Waals surface area contributed by atoms with Crippen LogP contribution in [0.3, 0.4) is 0 Å². The van der Waals surface area contributed by atoms with Gasteiger partial charge in [0.2, 0.25) is 5.91 Å². The number of rotatable bonds is 8. The van der Waals surface area contributed by atoms with E-state index in [1.165, 1.54) is 4.90 Å². The number of benzene rings is 1. The van der Waals surface area contributed by atoms with Gasteiger partial charge in [0.25, 0.3) is 0 Å². The molecule has 1 unspecified atom stereocenters. The van der Waals surface area contributed by atoms with Gasteiger partial charge in [0.15, 0.2) is 0 Å². The Morgan fingerprint density at radius 1 is 1.25 bits per heavy atom. The summed E-state index contributed by atoms with van der Waals surface area (Å²) in [7, 11) is 0. The van der Waals surface area contributed by atoms with Gasteiger partial charge in [-0.25, -0.2) is 9.59 Å². The molecule has 0 bridgehead atoms. The Hall–Kier alpha value is -2.83. The number of nitrogens with one attached hydrogen (secondary N) is 2. The molecule has 7 heteroatoms.